The maximum absolute atomic E-state index is 13.9. The van der Waals surface area contributed by atoms with E-state index in [1.54, 1.807) is 0 Å². The van der Waals surface area contributed by atoms with Crippen molar-refractivity contribution in [1.82, 2.24) is 0 Å². The molecule has 0 aliphatic rings. The third kappa shape index (κ3) is 5.12. The molecule has 0 saturated carbocycles. The van der Waals surface area contributed by atoms with Gasteiger partial charge in [0.15, 0.2) is 11.5 Å². The van der Waals surface area contributed by atoms with Gasteiger partial charge in [-0.3, -0.25) is 4.79 Å². The molecule has 0 aliphatic heterocycles. The molecule has 1 aromatic heterocycles. The van der Waals surface area contributed by atoms with Gasteiger partial charge in [0.05, 0.1) is 37.8 Å². The van der Waals surface area contributed by atoms with Crippen LogP contribution in [-0.4, -0.2) is 27.3 Å². The van der Waals surface area contributed by atoms with E-state index in [4.69, 9.17) is 23.4 Å². The van der Waals surface area contributed by atoms with Gasteiger partial charge in [-0.15, -0.1) is 0 Å². The van der Waals surface area contributed by atoms with Crippen LogP contribution in [0.1, 0.15) is 16.1 Å². The van der Waals surface area contributed by atoms with Crippen molar-refractivity contribution in [3.8, 4) is 34.1 Å². The van der Waals surface area contributed by atoms with Gasteiger partial charge in [0.2, 0.25) is 16.9 Å². The Kier molecular flexibility index (Phi) is 7.17. The normalized spacial score (nSPS) is 11.3. The summed E-state index contributed by atoms with van der Waals surface area (Å²) in [6.45, 7) is 0. The van der Waals surface area contributed by atoms with E-state index in [1.165, 1.54) is 69.9 Å². The van der Waals surface area contributed by atoms with Gasteiger partial charge in [-0.2, -0.15) is 13.2 Å². The quantitative estimate of drug-likeness (QED) is 0.191. The van der Waals surface area contributed by atoms with Gasteiger partial charge in [-0.05, 0) is 42.0 Å². The number of rotatable bonds is 6. The third-order valence-corrected chi connectivity index (χ3v) is 5.89. The Labute approximate surface area is 216 Å². The minimum atomic E-state index is -4.96. The maximum Gasteiger partial charge on any atom is 0.450 e. The Morgan fingerprint density at radius 2 is 1.51 bits per heavy atom. The van der Waals surface area contributed by atoms with Gasteiger partial charge in [0.25, 0.3) is 0 Å². The van der Waals surface area contributed by atoms with Crippen molar-refractivity contribution < 1.29 is 41.3 Å². The number of hydrogen-bond acceptors (Lipinski definition) is 7. The topological polar surface area (TPSA) is 84.2 Å². The third-order valence-electron chi connectivity index (χ3n) is 5.37. The summed E-state index contributed by atoms with van der Waals surface area (Å²) >= 11 is 3.22. The van der Waals surface area contributed by atoms with Crippen LogP contribution in [0.2, 0.25) is 0 Å². The number of esters is 1. The number of ether oxygens (including phenoxy) is 4. The first kappa shape index (κ1) is 26.1. The van der Waals surface area contributed by atoms with Gasteiger partial charge in [-0.25, -0.2) is 4.79 Å². The molecule has 4 aromatic rings. The van der Waals surface area contributed by atoms with Gasteiger partial charge in [-0.1, -0.05) is 28.1 Å². The number of hydrogen-bond donors (Lipinski definition) is 0. The molecule has 0 bridgehead atoms. The molecule has 0 N–H and O–H groups in total. The van der Waals surface area contributed by atoms with Gasteiger partial charge < -0.3 is 23.4 Å². The van der Waals surface area contributed by atoms with Gasteiger partial charge >= 0.3 is 12.1 Å². The molecule has 192 valence electrons. The second-order valence-electron chi connectivity index (χ2n) is 7.60. The van der Waals surface area contributed by atoms with Crippen LogP contribution >= 0.6 is 15.9 Å². The summed E-state index contributed by atoms with van der Waals surface area (Å²) in [5.74, 6) is -1.79. The molecule has 0 fully saturated rings. The van der Waals surface area contributed by atoms with E-state index in [1.807, 2.05) is 0 Å². The molecule has 0 amide bonds. The minimum absolute atomic E-state index is 0.0256. The zero-order chi connectivity index (χ0) is 26.9. The van der Waals surface area contributed by atoms with Gasteiger partial charge in [0.1, 0.15) is 11.3 Å². The summed E-state index contributed by atoms with van der Waals surface area (Å²) in [6, 6.07) is 12.1. The fourth-order valence-electron chi connectivity index (χ4n) is 3.68. The number of carbonyl (C=O) groups excluding carboxylic acids is 1. The standard InChI is InChI=1S/C26H18BrF3O7/c1-33-19-10-14(11-20(34-2)23(19)35-3)25(32)36-16-8-9-17-18(12-16)37-24(26(28,29)30)21(22(17)31)13-4-6-15(27)7-5-13/h4-12H,1-3H3. The average molecular weight is 579 g/mol. The van der Waals surface area contributed by atoms with Crippen LogP contribution in [0.3, 0.4) is 0 Å². The molecule has 7 nitrogen and oxygen atoms in total. The van der Waals surface area contributed by atoms with Crippen LogP contribution in [0.4, 0.5) is 13.2 Å². The van der Waals surface area contributed by atoms with Crippen LogP contribution in [-0.2, 0) is 6.18 Å². The molecule has 0 saturated heterocycles. The molecule has 0 spiro atoms. The highest BCUT2D eigenvalue weighted by Crippen LogP contribution is 2.40. The van der Waals surface area contributed by atoms with E-state index in [2.05, 4.69) is 15.9 Å². The van der Waals surface area contributed by atoms with Crippen molar-refractivity contribution in [3.05, 3.63) is 80.6 Å². The summed E-state index contributed by atoms with van der Waals surface area (Å²) in [7, 11) is 4.15. The highest BCUT2D eigenvalue weighted by Gasteiger charge is 2.39. The number of fused-ring (bicyclic) bond motifs is 1. The van der Waals surface area contributed by atoms with E-state index >= 15 is 0 Å². The number of carbonyl (C=O) groups is 1. The van der Waals surface area contributed by atoms with Crippen molar-refractivity contribution in [2.45, 2.75) is 6.18 Å². The Balaban J connectivity index is 1.78. The molecule has 37 heavy (non-hydrogen) atoms. The highest BCUT2D eigenvalue weighted by atomic mass is 79.9. The number of halogens is 4. The molecule has 3 aromatic carbocycles. The first-order valence-corrected chi connectivity index (χ1v) is 11.3. The fraction of sp³-hybridized carbons (Fsp3) is 0.154. The second kappa shape index (κ2) is 10.2. The molecule has 0 aliphatic carbocycles. The van der Waals surface area contributed by atoms with Crippen LogP contribution in [0.25, 0.3) is 22.1 Å². The van der Waals surface area contributed by atoms with E-state index < -0.39 is 34.5 Å². The van der Waals surface area contributed by atoms with E-state index in [-0.39, 0.29) is 39.5 Å². The highest BCUT2D eigenvalue weighted by molar-refractivity contribution is 9.10. The molecule has 0 unspecified atom stereocenters. The number of methoxy groups -OCH3 is 3. The molecule has 0 radical (unpaired) electrons. The summed E-state index contributed by atoms with van der Waals surface area (Å²) in [5.41, 5.74) is -1.82. The Morgan fingerprint density at radius 3 is 2.05 bits per heavy atom. The van der Waals surface area contributed by atoms with Gasteiger partial charge in [0, 0.05) is 10.5 Å². The lowest BCUT2D eigenvalue weighted by Gasteiger charge is -2.14. The molecule has 4 rings (SSSR count). The largest absolute Gasteiger partial charge is 0.493 e. The predicted molar refractivity (Wildman–Crippen MR) is 132 cm³/mol. The fourth-order valence-corrected chi connectivity index (χ4v) is 3.94. The number of alkyl halides is 3. The first-order valence-electron chi connectivity index (χ1n) is 10.5. The smallest absolute Gasteiger partial charge is 0.450 e. The summed E-state index contributed by atoms with van der Waals surface area (Å²) in [4.78, 5) is 25.9. The van der Waals surface area contributed by atoms with Crippen molar-refractivity contribution in [2.75, 3.05) is 21.3 Å². The SMILES string of the molecule is COc1cc(C(=O)Oc2ccc3c(=O)c(-c4ccc(Br)cc4)c(C(F)(F)F)oc3c2)cc(OC)c1OC. The zero-order valence-electron chi connectivity index (χ0n) is 19.6. The lowest BCUT2D eigenvalue weighted by atomic mass is 10.0. The summed E-state index contributed by atoms with van der Waals surface area (Å²) < 4.78 is 68.5. The minimum Gasteiger partial charge on any atom is -0.493 e. The Hall–Kier alpha value is -3.99. The first-order chi connectivity index (χ1) is 17.6. The van der Waals surface area contributed by atoms with Crippen molar-refractivity contribution in [1.29, 1.82) is 0 Å². The summed E-state index contributed by atoms with van der Waals surface area (Å²) in [5, 5.41) is -0.112. The molecular formula is C26H18BrF3O7. The maximum atomic E-state index is 13.9. The average Bonchev–Trinajstić information content (AvgIpc) is 2.87. The van der Waals surface area contributed by atoms with Crippen LogP contribution in [0, 0.1) is 0 Å². The van der Waals surface area contributed by atoms with E-state index in [0.717, 1.165) is 6.07 Å². The lowest BCUT2D eigenvalue weighted by molar-refractivity contribution is -0.152. The lowest BCUT2D eigenvalue weighted by Crippen LogP contribution is -2.16. The van der Waals surface area contributed by atoms with Crippen molar-refractivity contribution in [3.63, 3.8) is 0 Å². The monoisotopic (exact) mass is 578 g/mol. The van der Waals surface area contributed by atoms with Crippen LogP contribution < -0.4 is 24.4 Å². The van der Waals surface area contributed by atoms with E-state index in [0.29, 0.717) is 4.47 Å². The predicted octanol–water partition coefficient (Wildman–Crippen LogP) is 6.49. The van der Waals surface area contributed by atoms with Crippen molar-refractivity contribution >= 4 is 32.9 Å². The molecule has 0 atom stereocenters. The Morgan fingerprint density at radius 1 is 0.892 bits per heavy atom. The van der Waals surface area contributed by atoms with Crippen LogP contribution in [0.5, 0.6) is 23.0 Å². The van der Waals surface area contributed by atoms with Crippen LogP contribution in [0.15, 0.2) is 68.3 Å². The van der Waals surface area contributed by atoms with Crippen molar-refractivity contribution in [2.24, 2.45) is 0 Å². The zero-order valence-corrected chi connectivity index (χ0v) is 21.2. The number of benzene rings is 3. The summed E-state index contributed by atoms with van der Waals surface area (Å²) in [6.07, 6.45) is -4.96. The Bertz CT molecular complexity index is 1520. The van der Waals surface area contributed by atoms with E-state index in [9.17, 15) is 22.8 Å². The molecule has 1 heterocycles. The molecular weight excluding hydrogens is 561 g/mol. The molecule has 11 heteroatoms. The second-order valence-corrected chi connectivity index (χ2v) is 8.52.